The number of hydrogen-bond acceptors (Lipinski definition) is 26. The van der Waals surface area contributed by atoms with Crippen LogP contribution in [0.25, 0.3) is 22.1 Å². The van der Waals surface area contributed by atoms with E-state index in [4.69, 9.17) is 9.47 Å². The van der Waals surface area contributed by atoms with Gasteiger partial charge in [0.1, 0.15) is 54.8 Å². The van der Waals surface area contributed by atoms with Crippen LogP contribution in [-0.2, 0) is 64.4 Å². The van der Waals surface area contributed by atoms with Crippen LogP contribution in [0.1, 0.15) is 214 Å². The van der Waals surface area contributed by atoms with Gasteiger partial charge in [-0.2, -0.15) is 0 Å². The van der Waals surface area contributed by atoms with Crippen LogP contribution in [0.2, 0.25) is 0 Å². The van der Waals surface area contributed by atoms with E-state index in [1.54, 1.807) is 70.1 Å². The molecule has 0 saturated heterocycles. The Labute approximate surface area is 704 Å². The standard InChI is InChI=1S/C87H133N17O16/c1-12-24-53(7)72(105)46-54(25-13-2)78(109)97-69(83(114)100-68(29-17-6)82(113)99-66(27-15-4)80(111)89-41-23-43-104-50-58-45-56(35-37-60(58)91-71(87(104)118)48-77(108)120-11)85(116)102(9)52-74-94-63-32-20-21-33-64(63)95-74)38-39-75(106)96-67(28-16-5)81(112)98-65(26-14-3)79(110)88-40-22-42-103-49-57-44-55(34-36-59(57)90-70(86(103)117)47-76(107)119-10)84(115)101(8)51-73-92-61-30-18-19-31-62(61)93-73/h18-21,30-37,44-45,53-54,65-71,75,78-79,82,86-88,90-91,96-97,99,106,109-110,113,117-118H,12-17,22-29,38-43,46-52H2,1-11H3,(H,89,111)(H,92,93)(H,94,95)(H,98,112)(H,100,114)/t53?,54?,65?,66?,67?,68-,69?,70-,71-,75-,78-,79-,82-,86-,87+/m0/s1. The number of fused-ring (bicyclic) bond motifs is 4. The highest BCUT2D eigenvalue weighted by molar-refractivity contribution is 5.96. The first-order chi connectivity index (χ1) is 57.6. The zero-order valence-electron chi connectivity index (χ0n) is 71.8. The first-order valence-electron chi connectivity index (χ1n) is 42.9. The fourth-order valence-electron chi connectivity index (χ4n) is 15.8. The van der Waals surface area contributed by atoms with E-state index in [0.29, 0.717) is 116 Å². The maximum atomic E-state index is 14.9. The number of aromatic nitrogens is 4. The third-order valence-electron chi connectivity index (χ3n) is 22.5. The monoisotopic (exact) mass is 1670 g/mol. The summed E-state index contributed by atoms with van der Waals surface area (Å²) >= 11 is 0. The van der Waals surface area contributed by atoms with Gasteiger partial charge in [-0.05, 0) is 143 Å². The molecule has 0 saturated carbocycles. The molecule has 17 N–H and O–H groups in total. The normalized spacial score (nSPS) is 18.4. The van der Waals surface area contributed by atoms with Crippen LogP contribution in [0, 0.1) is 11.8 Å². The minimum absolute atomic E-state index is 0.0200. The Kier molecular flexibility index (Phi) is 39.0. The summed E-state index contributed by atoms with van der Waals surface area (Å²) in [4.78, 5) is 133. The summed E-state index contributed by atoms with van der Waals surface area (Å²) in [6.45, 7) is 15.1. The molecule has 33 nitrogen and oxygen atoms in total. The quantitative estimate of drug-likeness (QED) is 0.0118. The molecule has 2 aliphatic heterocycles. The fourth-order valence-corrected chi connectivity index (χ4v) is 15.8. The number of anilines is 2. The molecule has 6 aromatic rings. The van der Waals surface area contributed by atoms with Crippen molar-refractivity contribution in [2.45, 2.75) is 276 Å². The summed E-state index contributed by atoms with van der Waals surface area (Å²) in [5.74, 6) is -2.77. The first kappa shape index (κ1) is 96.4. The lowest BCUT2D eigenvalue weighted by molar-refractivity contribution is -0.143. The van der Waals surface area contributed by atoms with Gasteiger partial charge in [-0.25, -0.2) is 9.97 Å². The van der Waals surface area contributed by atoms with Gasteiger partial charge in [-0.15, -0.1) is 0 Å². The van der Waals surface area contributed by atoms with Crippen molar-refractivity contribution < 1.29 is 78.5 Å². The molecular formula is C87H133N17O16. The number of ketones is 1. The topological polar surface area (TPSA) is 455 Å². The van der Waals surface area contributed by atoms with Crippen LogP contribution in [-0.4, -0.2) is 252 Å². The number of methoxy groups -OCH3 is 2. The number of nitrogens with zero attached hydrogens (tertiary/aromatic N) is 6. The number of H-pyrrole nitrogens is 2. The number of carbonyl (C=O) groups is 8. The molecule has 0 spiro atoms. The Bertz CT molecular complexity index is 4200. The predicted molar refractivity (Wildman–Crippen MR) is 457 cm³/mol. The van der Waals surface area contributed by atoms with Crippen molar-refractivity contribution in [3.05, 3.63) is 119 Å². The van der Waals surface area contributed by atoms with E-state index in [2.05, 4.69) is 67.8 Å². The zero-order chi connectivity index (χ0) is 87.1. The number of aromatic amines is 2. The molecule has 0 aliphatic carbocycles. The van der Waals surface area contributed by atoms with Gasteiger partial charge in [0, 0.05) is 87.6 Å². The van der Waals surface area contributed by atoms with Gasteiger partial charge in [0.2, 0.25) is 17.7 Å². The number of imidazole rings is 2. The molecule has 0 fully saturated rings. The molecule has 2 aromatic heterocycles. The fraction of sp³-hybridized carbons (Fsp3) is 0.609. The summed E-state index contributed by atoms with van der Waals surface area (Å²) in [5.41, 5.74) is 6.75. The number of ether oxygens (including phenoxy) is 2. The van der Waals surface area contributed by atoms with Crippen molar-refractivity contribution in [3.8, 4) is 0 Å². The Morgan fingerprint density at radius 1 is 0.525 bits per heavy atom. The summed E-state index contributed by atoms with van der Waals surface area (Å²) in [5, 5.41) is 99.3. The number of esters is 2. The maximum Gasteiger partial charge on any atom is 0.307 e. The Hall–Kier alpha value is -9.10. The van der Waals surface area contributed by atoms with Gasteiger partial charge in [0.15, 0.2) is 0 Å². The van der Waals surface area contributed by atoms with E-state index >= 15 is 0 Å². The van der Waals surface area contributed by atoms with E-state index < -0.39 is 115 Å². The Morgan fingerprint density at radius 2 is 0.967 bits per heavy atom. The number of hydrogen-bond donors (Lipinski definition) is 17. The average molecular weight is 1670 g/mol. The minimum Gasteiger partial charge on any atom is -0.469 e. The van der Waals surface area contributed by atoms with Gasteiger partial charge in [-0.1, -0.05) is 111 Å². The molecule has 2 aliphatic rings. The number of Topliss-reactive ketones (excluding diaryl/α,β-unsaturated/α-hetero) is 1. The predicted octanol–water partition coefficient (Wildman–Crippen LogP) is 6.04. The number of carbonyl (C=O) groups excluding carboxylic acids is 8. The van der Waals surface area contributed by atoms with E-state index in [1.165, 1.54) is 14.2 Å². The number of amides is 5. The molecule has 662 valence electrons. The molecule has 33 heteroatoms. The van der Waals surface area contributed by atoms with Crippen LogP contribution < -0.4 is 47.9 Å². The number of para-hydroxylation sites is 4. The van der Waals surface area contributed by atoms with E-state index in [0.717, 1.165) is 28.5 Å². The highest BCUT2D eigenvalue weighted by Gasteiger charge is 2.38. The molecule has 4 aromatic carbocycles. The number of nitrogens with one attached hydrogen (secondary N) is 11. The average Bonchev–Trinajstić information content (AvgIpc) is 1.66. The number of benzene rings is 4. The highest BCUT2D eigenvalue weighted by Crippen LogP contribution is 2.32. The zero-order valence-corrected chi connectivity index (χ0v) is 71.8. The third-order valence-corrected chi connectivity index (χ3v) is 22.5. The molecule has 0 radical (unpaired) electrons. The van der Waals surface area contributed by atoms with Crippen molar-refractivity contribution in [1.29, 1.82) is 0 Å². The minimum atomic E-state index is -1.47. The van der Waals surface area contributed by atoms with E-state index in [1.807, 2.05) is 97.0 Å². The summed E-state index contributed by atoms with van der Waals surface area (Å²) < 4.78 is 9.99. The van der Waals surface area contributed by atoms with E-state index in [-0.39, 0.29) is 121 Å². The van der Waals surface area contributed by atoms with Crippen molar-refractivity contribution in [2.24, 2.45) is 11.8 Å². The highest BCUT2D eigenvalue weighted by atomic mass is 16.5. The number of rotatable bonds is 51. The second-order valence-corrected chi connectivity index (χ2v) is 32.1. The summed E-state index contributed by atoms with van der Waals surface area (Å²) in [6, 6.07) is 19.1. The molecule has 6 unspecified atom stereocenters. The smallest absolute Gasteiger partial charge is 0.307 e. The third kappa shape index (κ3) is 28.2. The summed E-state index contributed by atoms with van der Waals surface area (Å²) in [6.07, 6.45) is -1.82. The van der Waals surface area contributed by atoms with Crippen molar-refractivity contribution in [1.82, 2.24) is 76.8 Å². The van der Waals surface area contributed by atoms with Crippen molar-refractivity contribution >= 4 is 80.7 Å². The Morgan fingerprint density at radius 3 is 1.43 bits per heavy atom. The second-order valence-electron chi connectivity index (χ2n) is 32.1. The molecule has 8 rings (SSSR count). The molecule has 5 amide bonds. The van der Waals surface area contributed by atoms with Crippen LogP contribution in [0.15, 0.2) is 84.9 Å². The van der Waals surface area contributed by atoms with Crippen LogP contribution in [0.3, 0.4) is 0 Å². The lowest BCUT2D eigenvalue weighted by Crippen LogP contribution is -2.59. The number of aliphatic hydroxyl groups is 6. The first-order valence-corrected chi connectivity index (χ1v) is 42.9. The molecule has 15 atom stereocenters. The van der Waals surface area contributed by atoms with E-state index in [9.17, 15) is 69.0 Å². The second kappa shape index (κ2) is 48.5. The van der Waals surface area contributed by atoms with Gasteiger partial charge >= 0.3 is 11.9 Å². The van der Waals surface area contributed by atoms with Crippen LogP contribution >= 0.6 is 0 Å². The van der Waals surface area contributed by atoms with Crippen LogP contribution in [0.4, 0.5) is 11.4 Å². The molecule has 120 heavy (non-hydrogen) atoms. The molecule has 0 bridgehead atoms. The number of aliphatic hydroxyl groups excluding tert-OH is 6. The molecule has 4 heterocycles. The maximum absolute atomic E-state index is 14.9. The van der Waals surface area contributed by atoms with Gasteiger partial charge in [0.05, 0.1) is 105 Å². The van der Waals surface area contributed by atoms with Crippen molar-refractivity contribution in [2.75, 3.05) is 65.1 Å². The SMILES string of the molecule is CCCC(C)C(=O)CC(CCC)[C@H](O)NC(CC[C@H](O)NC(CCC)C(=O)NC(CCC)[C@H](O)NCCCN1Cc2cc(C(=O)N(C)Cc3nc4ccccc4[nH]3)ccc2N[C@@H](CC(=O)OC)[C@@H]1O)C(=O)N[C@@H](CCC)[C@H](O)NC(CCC)C(=O)NCCCN1Cc2cc(C(=O)N(C)Cc3nc4ccccc4[nH]3)ccc2N[C@@H](CC(=O)OC)[C@H]1O. The van der Waals surface area contributed by atoms with Gasteiger partial charge in [-0.3, -0.25) is 69.4 Å². The largest absolute Gasteiger partial charge is 0.469 e. The van der Waals surface area contributed by atoms with Gasteiger partial charge < -0.3 is 86.5 Å². The lowest BCUT2D eigenvalue weighted by atomic mass is 9.89. The Balaban J connectivity index is 0.881. The van der Waals surface area contributed by atoms with Crippen LogP contribution in [0.5, 0.6) is 0 Å². The van der Waals surface area contributed by atoms with Gasteiger partial charge in [0.25, 0.3) is 11.8 Å². The lowest BCUT2D eigenvalue weighted by Gasteiger charge is -2.32. The summed E-state index contributed by atoms with van der Waals surface area (Å²) in [7, 11) is 5.93. The van der Waals surface area contributed by atoms with Crippen molar-refractivity contribution in [3.63, 3.8) is 0 Å². The molecular weight excluding hydrogens is 1540 g/mol.